The van der Waals surface area contributed by atoms with Gasteiger partial charge in [-0.1, -0.05) is 53.0 Å². The maximum absolute atomic E-state index is 12.4. The molecular weight excluding hydrogens is 305 g/mol. The van der Waals surface area contributed by atoms with Crippen molar-refractivity contribution < 1.29 is 4.79 Å². The zero-order valence-corrected chi connectivity index (χ0v) is 12.4. The molecule has 19 heavy (non-hydrogen) atoms. The summed E-state index contributed by atoms with van der Waals surface area (Å²) in [7, 11) is 0. The smallest absolute Gasteiger partial charge is 0.280 e. The van der Waals surface area contributed by atoms with Crippen LogP contribution in [0.2, 0.25) is 0 Å². The molecule has 5 heteroatoms. The molecule has 2 nitrogen and oxygen atoms in total. The summed E-state index contributed by atoms with van der Waals surface area (Å²) < 4.78 is -0.330. The van der Waals surface area contributed by atoms with Crippen molar-refractivity contribution in [1.29, 1.82) is 0 Å². The standard InChI is InChI=1S/C14H12Cl3NO/c15-14(16,17)13(19)18-11-7-3-1-5-9(11)10-6-2-4-8-12(10)18/h1,3,5,7H,2,4,6,8H2. The molecule has 0 bridgehead atoms. The van der Waals surface area contributed by atoms with Crippen LogP contribution in [-0.2, 0) is 12.8 Å². The summed E-state index contributed by atoms with van der Waals surface area (Å²) >= 11 is 17.3. The highest BCUT2D eigenvalue weighted by atomic mass is 35.6. The molecule has 100 valence electrons. The Balaban J connectivity index is 2.32. The average Bonchev–Trinajstić information content (AvgIpc) is 2.71. The SMILES string of the molecule is O=C(n1c2c(c3ccccc31)CCCC2)C(Cl)(Cl)Cl. The molecule has 1 aliphatic rings. The highest BCUT2D eigenvalue weighted by Gasteiger charge is 2.35. The molecule has 0 saturated carbocycles. The number of aromatic nitrogens is 1. The van der Waals surface area contributed by atoms with Crippen LogP contribution in [0.5, 0.6) is 0 Å². The van der Waals surface area contributed by atoms with Gasteiger partial charge in [-0.15, -0.1) is 0 Å². The minimum atomic E-state index is -1.92. The highest BCUT2D eigenvalue weighted by molar-refractivity contribution is 6.76. The van der Waals surface area contributed by atoms with Crippen molar-refractivity contribution in [2.45, 2.75) is 29.5 Å². The second-order valence-corrected chi connectivity index (χ2v) is 7.07. The van der Waals surface area contributed by atoms with Crippen LogP contribution in [0.25, 0.3) is 10.9 Å². The van der Waals surface area contributed by atoms with Gasteiger partial charge in [0.15, 0.2) is 0 Å². The minimum Gasteiger partial charge on any atom is -0.280 e. The number of benzene rings is 1. The van der Waals surface area contributed by atoms with Gasteiger partial charge in [-0.2, -0.15) is 0 Å². The number of halogens is 3. The van der Waals surface area contributed by atoms with Crippen molar-refractivity contribution in [3.8, 4) is 0 Å². The third kappa shape index (κ3) is 2.16. The monoisotopic (exact) mass is 315 g/mol. The third-order valence-electron chi connectivity index (χ3n) is 3.62. The van der Waals surface area contributed by atoms with Crippen molar-refractivity contribution in [2.75, 3.05) is 0 Å². The maximum Gasteiger partial charge on any atom is 0.283 e. The predicted octanol–water partition coefficient (Wildman–Crippen LogP) is 4.53. The topological polar surface area (TPSA) is 22.0 Å². The van der Waals surface area contributed by atoms with Crippen molar-refractivity contribution >= 4 is 51.6 Å². The summed E-state index contributed by atoms with van der Waals surface area (Å²) in [6.45, 7) is 0. The molecule has 3 rings (SSSR count). The fraction of sp³-hybridized carbons (Fsp3) is 0.357. The summed E-state index contributed by atoms with van der Waals surface area (Å²) in [6.07, 6.45) is 4.05. The second-order valence-electron chi connectivity index (χ2n) is 4.79. The number of carbonyl (C=O) groups is 1. The van der Waals surface area contributed by atoms with Crippen LogP contribution in [0.1, 0.15) is 28.9 Å². The van der Waals surface area contributed by atoms with E-state index >= 15 is 0 Å². The van der Waals surface area contributed by atoms with Crippen molar-refractivity contribution in [3.05, 3.63) is 35.5 Å². The Kier molecular flexibility index (Phi) is 3.28. The molecule has 0 radical (unpaired) electrons. The molecule has 1 heterocycles. The van der Waals surface area contributed by atoms with E-state index in [1.165, 1.54) is 5.56 Å². The largest absolute Gasteiger partial charge is 0.283 e. The van der Waals surface area contributed by atoms with E-state index in [-0.39, 0.29) is 0 Å². The van der Waals surface area contributed by atoms with Gasteiger partial charge < -0.3 is 0 Å². The Hall–Kier alpha value is -0.700. The Bertz CT molecular complexity index is 654. The van der Waals surface area contributed by atoms with E-state index in [1.807, 2.05) is 24.3 Å². The fourth-order valence-electron chi connectivity index (χ4n) is 2.85. The summed E-state index contributed by atoms with van der Waals surface area (Å²) in [5.74, 6) is -0.489. The van der Waals surface area contributed by atoms with Crippen LogP contribution >= 0.6 is 34.8 Å². The summed E-state index contributed by atoms with van der Waals surface area (Å²) in [4.78, 5) is 12.4. The predicted molar refractivity (Wildman–Crippen MR) is 79.5 cm³/mol. The first kappa shape index (κ1) is 13.3. The van der Waals surface area contributed by atoms with Gasteiger partial charge in [0.05, 0.1) is 5.52 Å². The van der Waals surface area contributed by atoms with E-state index in [2.05, 4.69) is 0 Å². The minimum absolute atomic E-state index is 0.489. The van der Waals surface area contributed by atoms with Crippen molar-refractivity contribution in [3.63, 3.8) is 0 Å². The van der Waals surface area contributed by atoms with Gasteiger partial charge in [0, 0.05) is 11.1 Å². The van der Waals surface area contributed by atoms with E-state index in [9.17, 15) is 4.79 Å². The quantitative estimate of drug-likeness (QED) is 0.654. The number of hydrogen-bond acceptors (Lipinski definition) is 1. The zero-order valence-electron chi connectivity index (χ0n) is 10.1. The van der Waals surface area contributed by atoms with Crippen LogP contribution in [0.4, 0.5) is 0 Å². The molecule has 0 saturated heterocycles. The lowest BCUT2D eigenvalue weighted by Crippen LogP contribution is -2.28. The van der Waals surface area contributed by atoms with Gasteiger partial charge in [0.2, 0.25) is 0 Å². The maximum atomic E-state index is 12.4. The lowest BCUT2D eigenvalue weighted by molar-refractivity contribution is 0.0919. The number of para-hydroxylation sites is 1. The van der Waals surface area contributed by atoms with Gasteiger partial charge in [-0.3, -0.25) is 9.36 Å². The number of fused-ring (bicyclic) bond motifs is 3. The average molecular weight is 317 g/mol. The number of aryl methyl sites for hydroxylation is 1. The Morgan fingerprint density at radius 3 is 2.53 bits per heavy atom. The van der Waals surface area contributed by atoms with Gasteiger partial charge in [0.25, 0.3) is 9.70 Å². The lowest BCUT2D eigenvalue weighted by Gasteiger charge is -2.17. The van der Waals surface area contributed by atoms with E-state index in [0.29, 0.717) is 0 Å². The number of carbonyl (C=O) groups excluding carboxylic acids is 1. The number of alkyl halides is 3. The molecule has 0 spiro atoms. The van der Waals surface area contributed by atoms with E-state index in [1.54, 1.807) is 4.57 Å². The van der Waals surface area contributed by atoms with E-state index < -0.39 is 9.70 Å². The molecule has 0 N–H and O–H groups in total. The summed E-state index contributed by atoms with van der Waals surface area (Å²) in [5, 5.41) is 1.10. The molecule has 0 aliphatic heterocycles. The Morgan fingerprint density at radius 1 is 1.11 bits per heavy atom. The first-order valence-electron chi connectivity index (χ1n) is 6.23. The Morgan fingerprint density at radius 2 is 1.79 bits per heavy atom. The molecule has 0 fully saturated rings. The van der Waals surface area contributed by atoms with Crippen molar-refractivity contribution in [1.82, 2.24) is 4.57 Å². The molecule has 1 aliphatic carbocycles. The van der Waals surface area contributed by atoms with Crippen LogP contribution in [0, 0.1) is 0 Å². The molecule has 2 aromatic rings. The Labute approximate surface area is 126 Å². The van der Waals surface area contributed by atoms with Gasteiger partial charge in [-0.25, -0.2) is 0 Å². The number of hydrogen-bond donors (Lipinski definition) is 0. The molecular formula is C14H12Cl3NO. The lowest BCUT2D eigenvalue weighted by atomic mass is 9.96. The van der Waals surface area contributed by atoms with Crippen LogP contribution in [-0.4, -0.2) is 14.3 Å². The molecule has 0 unspecified atom stereocenters. The van der Waals surface area contributed by atoms with Gasteiger partial charge in [0.1, 0.15) is 0 Å². The third-order valence-corrected chi connectivity index (χ3v) is 4.11. The molecule has 1 aromatic carbocycles. The first-order chi connectivity index (χ1) is 9.00. The number of rotatable bonds is 0. The van der Waals surface area contributed by atoms with Crippen LogP contribution in [0.15, 0.2) is 24.3 Å². The highest BCUT2D eigenvalue weighted by Crippen LogP contribution is 2.36. The van der Waals surface area contributed by atoms with Crippen LogP contribution < -0.4 is 0 Å². The first-order valence-corrected chi connectivity index (χ1v) is 7.36. The molecule has 0 atom stereocenters. The van der Waals surface area contributed by atoms with Crippen LogP contribution in [0.3, 0.4) is 0 Å². The summed E-state index contributed by atoms with van der Waals surface area (Å²) in [6, 6.07) is 7.81. The summed E-state index contributed by atoms with van der Waals surface area (Å²) in [5.41, 5.74) is 3.07. The van der Waals surface area contributed by atoms with E-state index in [4.69, 9.17) is 34.8 Å². The zero-order chi connectivity index (χ0) is 13.6. The second kappa shape index (κ2) is 4.69. The molecule has 0 amide bonds. The van der Waals surface area contributed by atoms with Crippen molar-refractivity contribution in [2.24, 2.45) is 0 Å². The number of nitrogens with zero attached hydrogens (tertiary/aromatic N) is 1. The van der Waals surface area contributed by atoms with Gasteiger partial charge >= 0.3 is 0 Å². The van der Waals surface area contributed by atoms with Gasteiger partial charge in [-0.05, 0) is 37.3 Å². The fourth-order valence-corrected chi connectivity index (χ4v) is 3.11. The molecule has 1 aromatic heterocycles. The normalized spacial score (nSPS) is 15.5. The van der Waals surface area contributed by atoms with E-state index in [0.717, 1.165) is 42.3 Å².